The molecule has 3 nitrogen and oxygen atoms in total. The standard InChI is InChI=1S/C10H7F6NO2/c1-19-5-3-2-4(8(17)18)6(9(11,12)13)7(5)10(14,15)16/h2-3H,1H3,(H2,17,18). The fraction of sp³-hybridized carbons (Fsp3) is 0.300. The van der Waals surface area contributed by atoms with Gasteiger partial charge in [-0.15, -0.1) is 0 Å². The number of primary amides is 1. The monoisotopic (exact) mass is 287 g/mol. The Morgan fingerprint density at radius 2 is 1.53 bits per heavy atom. The number of hydrogen-bond acceptors (Lipinski definition) is 2. The van der Waals surface area contributed by atoms with Gasteiger partial charge >= 0.3 is 12.4 Å². The zero-order valence-electron chi connectivity index (χ0n) is 9.32. The molecule has 0 unspecified atom stereocenters. The van der Waals surface area contributed by atoms with E-state index < -0.39 is 40.7 Å². The van der Waals surface area contributed by atoms with Crippen molar-refractivity contribution in [3.8, 4) is 5.75 Å². The predicted molar refractivity (Wildman–Crippen MR) is 51.5 cm³/mol. The van der Waals surface area contributed by atoms with Gasteiger partial charge < -0.3 is 10.5 Å². The van der Waals surface area contributed by atoms with Crippen molar-refractivity contribution >= 4 is 5.91 Å². The highest BCUT2D eigenvalue weighted by Gasteiger charge is 2.48. The molecule has 0 fully saturated rings. The van der Waals surface area contributed by atoms with Gasteiger partial charge in [0.2, 0.25) is 5.91 Å². The summed E-state index contributed by atoms with van der Waals surface area (Å²) in [6.07, 6.45) is -10.7. The number of alkyl halides is 6. The summed E-state index contributed by atoms with van der Waals surface area (Å²) >= 11 is 0. The SMILES string of the molecule is COc1ccc(C(N)=O)c(C(F)(F)F)c1C(F)(F)F. The first-order valence-electron chi connectivity index (χ1n) is 4.65. The molecular weight excluding hydrogens is 280 g/mol. The number of carbonyl (C=O) groups excluding carboxylic acids is 1. The second kappa shape index (κ2) is 4.63. The Bertz CT molecular complexity index is 506. The molecule has 0 heterocycles. The van der Waals surface area contributed by atoms with E-state index in [1.807, 2.05) is 0 Å². The van der Waals surface area contributed by atoms with Crippen molar-refractivity contribution in [2.24, 2.45) is 5.73 Å². The molecule has 0 saturated carbocycles. The minimum absolute atomic E-state index is 0.541. The molecule has 0 aliphatic rings. The predicted octanol–water partition coefficient (Wildman–Crippen LogP) is 2.83. The van der Waals surface area contributed by atoms with Crippen molar-refractivity contribution < 1.29 is 35.9 Å². The van der Waals surface area contributed by atoms with Gasteiger partial charge in [-0.2, -0.15) is 26.3 Å². The smallest absolute Gasteiger partial charge is 0.420 e. The molecule has 2 N–H and O–H groups in total. The Labute approximate surface area is 102 Å². The lowest BCUT2D eigenvalue weighted by atomic mass is 9.98. The maximum atomic E-state index is 12.8. The van der Waals surface area contributed by atoms with E-state index in [2.05, 4.69) is 10.5 Å². The minimum atomic E-state index is -5.40. The Kier molecular flexibility index (Phi) is 3.69. The van der Waals surface area contributed by atoms with E-state index in [1.54, 1.807) is 0 Å². The summed E-state index contributed by atoms with van der Waals surface area (Å²) in [7, 11) is 0.786. The first kappa shape index (κ1) is 15.1. The molecule has 0 spiro atoms. The quantitative estimate of drug-likeness (QED) is 0.850. The van der Waals surface area contributed by atoms with Crippen LogP contribution in [0, 0.1) is 0 Å². The summed E-state index contributed by atoms with van der Waals surface area (Å²) in [5.74, 6) is -2.65. The number of hydrogen-bond donors (Lipinski definition) is 1. The third-order valence-electron chi connectivity index (χ3n) is 2.22. The normalized spacial score (nSPS) is 12.4. The minimum Gasteiger partial charge on any atom is -0.496 e. The lowest BCUT2D eigenvalue weighted by Gasteiger charge is -2.20. The van der Waals surface area contributed by atoms with Crippen LogP contribution in [0.25, 0.3) is 0 Å². The van der Waals surface area contributed by atoms with Crippen molar-refractivity contribution in [3.63, 3.8) is 0 Å². The molecule has 0 aromatic heterocycles. The molecule has 0 bridgehead atoms. The molecule has 1 rings (SSSR count). The fourth-order valence-electron chi connectivity index (χ4n) is 1.53. The third-order valence-corrected chi connectivity index (χ3v) is 2.22. The van der Waals surface area contributed by atoms with Crippen molar-refractivity contribution in [3.05, 3.63) is 28.8 Å². The second-order valence-corrected chi connectivity index (χ2v) is 3.43. The maximum absolute atomic E-state index is 12.8. The van der Waals surface area contributed by atoms with Gasteiger partial charge in [0.15, 0.2) is 0 Å². The Balaban J connectivity index is 3.83. The molecule has 0 aliphatic carbocycles. The van der Waals surface area contributed by atoms with Crippen LogP contribution >= 0.6 is 0 Å². The van der Waals surface area contributed by atoms with Gasteiger partial charge in [0.25, 0.3) is 0 Å². The first-order chi connectivity index (χ1) is 8.50. The lowest BCUT2D eigenvalue weighted by molar-refractivity contribution is -0.163. The van der Waals surface area contributed by atoms with Crippen LogP contribution in [0.4, 0.5) is 26.3 Å². The molecule has 106 valence electrons. The van der Waals surface area contributed by atoms with Crippen LogP contribution in [0.1, 0.15) is 21.5 Å². The zero-order chi connectivity index (χ0) is 15.0. The first-order valence-corrected chi connectivity index (χ1v) is 4.65. The molecule has 9 heteroatoms. The van der Waals surface area contributed by atoms with Gasteiger partial charge in [-0.25, -0.2) is 0 Å². The average molecular weight is 287 g/mol. The van der Waals surface area contributed by atoms with Gasteiger partial charge in [-0.3, -0.25) is 4.79 Å². The summed E-state index contributed by atoms with van der Waals surface area (Å²) in [4.78, 5) is 10.9. The van der Waals surface area contributed by atoms with E-state index >= 15 is 0 Å². The van der Waals surface area contributed by atoms with Gasteiger partial charge in [-0.05, 0) is 12.1 Å². The second-order valence-electron chi connectivity index (χ2n) is 3.43. The number of nitrogens with two attached hydrogens (primary N) is 1. The molecule has 1 aromatic rings. The summed E-state index contributed by atoms with van der Waals surface area (Å²) in [6.45, 7) is 0. The Morgan fingerprint density at radius 3 is 1.84 bits per heavy atom. The highest BCUT2D eigenvalue weighted by molar-refractivity contribution is 5.95. The van der Waals surface area contributed by atoms with Gasteiger partial charge in [0, 0.05) is 0 Å². The van der Waals surface area contributed by atoms with Crippen molar-refractivity contribution in [2.45, 2.75) is 12.4 Å². The molecule has 1 amide bonds. The zero-order valence-corrected chi connectivity index (χ0v) is 9.32. The Hall–Kier alpha value is -1.93. The fourth-order valence-corrected chi connectivity index (χ4v) is 1.53. The van der Waals surface area contributed by atoms with Crippen LogP contribution in [0.2, 0.25) is 0 Å². The van der Waals surface area contributed by atoms with Crippen LogP contribution < -0.4 is 10.5 Å². The van der Waals surface area contributed by atoms with Crippen LogP contribution in [0.15, 0.2) is 12.1 Å². The van der Waals surface area contributed by atoms with E-state index in [1.165, 1.54) is 0 Å². The third kappa shape index (κ3) is 2.91. The van der Waals surface area contributed by atoms with E-state index in [4.69, 9.17) is 0 Å². The van der Waals surface area contributed by atoms with Crippen LogP contribution in [0.3, 0.4) is 0 Å². The Morgan fingerprint density at radius 1 is 1.05 bits per heavy atom. The van der Waals surface area contributed by atoms with Crippen LogP contribution in [0.5, 0.6) is 5.75 Å². The number of benzene rings is 1. The van der Waals surface area contributed by atoms with Crippen molar-refractivity contribution in [2.75, 3.05) is 7.11 Å². The molecule has 0 aliphatic heterocycles. The molecule has 0 radical (unpaired) electrons. The van der Waals surface area contributed by atoms with Gasteiger partial charge in [0.05, 0.1) is 18.2 Å². The summed E-state index contributed by atoms with van der Waals surface area (Å²) in [5.41, 5.74) is -0.812. The van der Waals surface area contributed by atoms with E-state index in [0.29, 0.717) is 12.1 Å². The molecule has 19 heavy (non-hydrogen) atoms. The largest absolute Gasteiger partial charge is 0.496 e. The molecular formula is C10H7F6NO2. The van der Waals surface area contributed by atoms with E-state index in [9.17, 15) is 31.1 Å². The van der Waals surface area contributed by atoms with Gasteiger partial charge in [0.1, 0.15) is 11.3 Å². The maximum Gasteiger partial charge on any atom is 0.420 e. The summed E-state index contributed by atoms with van der Waals surface area (Å²) in [6, 6.07) is 1.15. The van der Waals surface area contributed by atoms with Gasteiger partial charge in [-0.1, -0.05) is 0 Å². The number of methoxy groups -OCH3 is 1. The lowest BCUT2D eigenvalue weighted by Crippen LogP contribution is -2.24. The van der Waals surface area contributed by atoms with Crippen LogP contribution in [-0.4, -0.2) is 13.0 Å². The summed E-state index contributed by atoms with van der Waals surface area (Å²) < 4.78 is 80.7. The summed E-state index contributed by atoms with van der Waals surface area (Å²) in [5, 5.41) is 0. The number of carbonyl (C=O) groups is 1. The van der Waals surface area contributed by atoms with Crippen molar-refractivity contribution in [1.29, 1.82) is 0 Å². The number of ether oxygens (including phenoxy) is 1. The number of amides is 1. The molecule has 0 atom stereocenters. The molecule has 0 saturated heterocycles. The highest BCUT2D eigenvalue weighted by Crippen LogP contribution is 2.46. The van der Waals surface area contributed by atoms with E-state index in [0.717, 1.165) is 7.11 Å². The average Bonchev–Trinajstić information content (AvgIpc) is 2.24. The number of halogens is 6. The van der Waals surface area contributed by atoms with Crippen LogP contribution in [-0.2, 0) is 12.4 Å². The molecule has 1 aromatic carbocycles. The number of rotatable bonds is 2. The topological polar surface area (TPSA) is 52.3 Å². The van der Waals surface area contributed by atoms with Crippen molar-refractivity contribution in [1.82, 2.24) is 0 Å². The van der Waals surface area contributed by atoms with E-state index in [-0.39, 0.29) is 0 Å². The highest BCUT2D eigenvalue weighted by atomic mass is 19.4.